The molecule has 6 nitrogen and oxygen atoms in total. The van der Waals surface area contributed by atoms with Gasteiger partial charge in [0.05, 0.1) is 6.42 Å². The number of carbonyl (C=O) groups excluding carboxylic acids is 1. The molecular weight excluding hydrogens is 306 g/mol. The molecule has 2 heterocycles. The van der Waals surface area contributed by atoms with Gasteiger partial charge in [-0.1, -0.05) is 18.2 Å². The Bertz CT molecular complexity index is 792. The van der Waals surface area contributed by atoms with Crippen molar-refractivity contribution in [1.29, 1.82) is 0 Å². The first-order valence-electron chi connectivity index (χ1n) is 6.15. The van der Waals surface area contributed by atoms with Crippen molar-refractivity contribution in [2.45, 2.75) is 6.42 Å². The minimum absolute atomic E-state index is 0.113. The molecule has 2 N–H and O–H groups in total. The highest BCUT2D eigenvalue weighted by Gasteiger charge is 2.13. The van der Waals surface area contributed by atoms with Gasteiger partial charge in [0, 0.05) is 17.3 Å². The summed E-state index contributed by atoms with van der Waals surface area (Å²) in [5.41, 5.74) is 0.869. The van der Waals surface area contributed by atoms with Gasteiger partial charge in [-0.15, -0.1) is 11.3 Å². The molecule has 21 heavy (non-hydrogen) atoms. The Kier molecular flexibility index (Phi) is 3.89. The van der Waals surface area contributed by atoms with E-state index >= 15 is 0 Å². The Morgan fingerprint density at radius 2 is 2.19 bits per heavy atom. The third-order valence-electron chi connectivity index (χ3n) is 2.75. The summed E-state index contributed by atoms with van der Waals surface area (Å²) in [6.45, 7) is 0. The number of amides is 1. The fourth-order valence-electron chi connectivity index (χ4n) is 1.88. The second-order valence-electron chi connectivity index (χ2n) is 4.18. The lowest BCUT2D eigenvalue weighted by atomic mass is 10.3. The molecule has 3 rings (SSSR count). The molecule has 2 aromatic heterocycles. The van der Waals surface area contributed by atoms with Gasteiger partial charge >= 0.3 is 0 Å². The number of nitrogens with one attached hydrogen (secondary N) is 2. The van der Waals surface area contributed by atoms with Crippen molar-refractivity contribution in [3.05, 3.63) is 52.5 Å². The van der Waals surface area contributed by atoms with E-state index in [0.29, 0.717) is 15.7 Å². The molecule has 0 aliphatic rings. The lowest BCUT2D eigenvalue weighted by Crippen LogP contribution is -2.17. The molecular formula is C13H11N5OS2. The van der Waals surface area contributed by atoms with E-state index in [-0.39, 0.29) is 12.3 Å². The maximum absolute atomic E-state index is 12.0. The lowest BCUT2D eigenvalue weighted by molar-refractivity contribution is -0.115. The average molecular weight is 317 g/mol. The zero-order chi connectivity index (χ0) is 14.7. The van der Waals surface area contributed by atoms with E-state index in [9.17, 15) is 4.79 Å². The molecule has 106 valence electrons. The summed E-state index contributed by atoms with van der Waals surface area (Å²) in [6, 6.07) is 9.55. The SMILES string of the molecule is O=C(Cc1n[nH]c(=S)n1-c1ccccc1)Nc1nccs1. The molecule has 3 aromatic rings. The van der Waals surface area contributed by atoms with Crippen LogP contribution in [0.25, 0.3) is 5.69 Å². The highest BCUT2D eigenvalue weighted by atomic mass is 32.1. The van der Waals surface area contributed by atoms with E-state index < -0.39 is 0 Å². The van der Waals surface area contributed by atoms with Crippen LogP contribution < -0.4 is 5.32 Å². The van der Waals surface area contributed by atoms with Crippen LogP contribution in [0.5, 0.6) is 0 Å². The number of aromatic amines is 1. The summed E-state index contributed by atoms with van der Waals surface area (Å²) >= 11 is 6.60. The van der Waals surface area contributed by atoms with E-state index in [1.807, 2.05) is 30.3 Å². The molecule has 0 spiro atoms. The number of nitrogens with zero attached hydrogens (tertiary/aromatic N) is 3. The summed E-state index contributed by atoms with van der Waals surface area (Å²) < 4.78 is 2.20. The fourth-order valence-corrected chi connectivity index (χ4v) is 2.69. The van der Waals surface area contributed by atoms with Gasteiger partial charge < -0.3 is 5.32 Å². The van der Waals surface area contributed by atoms with Gasteiger partial charge in [-0.2, -0.15) is 5.10 Å². The Morgan fingerprint density at radius 1 is 1.38 bits per heavy atom. The summed E-state index contributed by atoms with van der Waals surface area (Å²) in [4.78, 5) is 16.0. The van der Waals surface area contributed by atoms with Crippen molar-refractivity contribution in [3.63, 3.8) is 0 Å². The first-order valence-corrected chi connectivity index (χ1v) is 7.44. The smallest absolute Gasteiger partial charge is 0.233 e. The van der Waals surface area contributed by atoms with Crippen molar-refractivity contribution < 1.29 is 4.79 Å². The minimum Gasteiger partial charge on any atom is -0.302 e. The molecule has 0 atom stereocenters. The van der Waals surface area contributed by atoms with E-state index in [4.69, 9.17) is 12.2 Å². The molecule has 0 fully saturated rings. The highest BCUT2D eigenvalue weighted by molar-refractivity contribution is 7.71. The third-order valence-corrected chi connectivity index (χ3v) is 3.72. The molecule has 0 saturated carbocycles. The fraction of sp³-hybridized carbons (Fsp3) is 0.0769. The zero-order valence-electron chi connectivity index (χ0n) is 10.8. The standard InChI is InChI=1S/C13H11N5OS2/c19-11(15-12-14-6-7-21-12)8-10-16-17-13(20)18(10)9-4-2-1-3-5-9/h1-7H,8H2,(H,17,20)(H,14,15,19). The number of thiazole rings is 1. The Labute approximate surface area is 129 Å². The molecule has 0 bridgehead atoms. The van der Waals surface area contributed by atoms with Crippen LogP contribution in [0.1, 0.15) is 5.82 Å². The van der Waals surface area contributed by atoms with Crippen LogP contribution in [-0.2, 0) is 11.2 Å². The van der Waals surface area contributed by atoms with Gasteiger partial charge in [0.25, 0.3) is 0 Å². The summed E-state index contributed by atoms with van der Waals surface area (Å²) in [5, 5.41) is 11.9. The predicted octanol–water partition coefficient (Wildman–Crippen LogP) is 2.57. The van der Waals surface area contributed by atoms with Crippen LogP contribution in [0.2, 0.25) is 0 Å². The van der Waals surface area contributed by atoms with Crippen molar-refractivity contribution in [3.8, 4) is 5.69 Å². The highest BCUT2D eigenvalue weighted by Crippen LogP contribution is 2.13. The largest absolute Gasteiger partial charge is 0.302 e. The van der Waals surface area contributed by atoms with Gasteiger partial charge in [-0.3, -0.25) is 14.5 Å². The van der Waals surface area contributed by atoms with Crippen LogP contribution in [-0.4, -0.2) is 25.7 Å². The third kappa shape index (κ3) is 3.06. The van der Waals surface area contributed by atoms with Crippen LogP contribution in [0.3, 0.4) is 0 Å². The van der Waals surface area contributed by atoms with Crippen LogP contribution in [0.4, 0.5) is 5.13 Å². The topological polar surface area (TPSA) is 75.6 Å². The number of aromatic nitrogens is 4. The van der Waals surface area contributed by atoms with Crippen molar-refractivity contribution in [1.82, 2.24) is 19.7 Å². The molecule has 0 saturated heterocycles. The van der Waals surface area contributed by atoms with Gasteiger partial charge in [-0.25, -0.2) is 4.98 Å². The number of hydrogen-bond acceptors (Lipinski definition) is 5. The summed E-state index contributed by atoms with van der Waals surface area (Å²) in [5.74, 6) is 0.372. The van der Waals surface area contributed by atoms with E-state index in [0.717, 1.165) is 5.69 Å². The van der Waals surface area contributed by atoms with Gasteiger partial charge in [0.2, 0.25) is 5.91 Å². The number of para-hydroxylation sites is 1. The molecule has 0 radical (unpaired) electrons. The Balaban J connectivity index is 1.84. The van der Waals surface area contributed by atoms with Gasteiger partial charge in [-0.05, 0) is 24.4 Å². The number of benzene rings is 1. The van der Waals surface area contributed by atoms with Crippen molar-refractivity contribution in [2.75, 3.05) is 5.32 Å². The molecule has 0 aliphatic carbocycles. The number of rotatable bonds is 4. The molecule has 1 aromatic carbocycles. The summed E-state index contributed by atoms with van der Waals surface area (Å²) in [7, 11) is 0. The predicted molar refractivity (Wildman–Crippen MR) is 83.2 cm³/mol. The average Bonchev–Trinajstić information content (AvgIpc) is 3.10. The molecule has 8 heteroatoms. The number of H-pyrrole nitrogens is 1. The second-order valence-corrected chi connectivity index (χ2v) is 5.46. The Hall–Kier alpha value is -2.32. The van der Waals surface area contributed by atoms with Crippen molar-refractivity contribution >= 4 is 34.6 Å². The maximum atomic E-state index is 12.0. The molecule has 1 amide bonds. The van der Waals surface area contributed by atoms with E-state index in [1.54, 1.807) is 16.1 Å². The Morgan fingerprint density at radius 3 is 2.90 bits per heavy atom. The molecule has 0 aliphatic heterocycles. The van der Waals surface area contributed by atoms with E-state index in [1.165, 1.54) is 11.3 Å². The second kappa shape index (κ2) is 5.98. The summed E-state index contributed by atoms with van der Waals surface area (Å²) in [6.07, 6.45) is 1.75. The van der Waals surface area contributed by atoms with Gasteiger partial charge in [0.15, 0.2) is 9.90 Å². The van der Waals surface area contributed by atoms with E-state index in [2.05, 4.69) is 20.5 Å². The zero-order valence-corrected chi connectivity index (χ0v) is 12.4. The first kappa shape index (κ1) is 13.7. The minimum atomic E-state index is -0.184. The van der Waals surface area contributed by atoms with Crippen LogP contribution >= 0.6 is 23.6 Å². The van der Waals surface area contributed by atoms with Gasteiger partial charge in [0.1, 0.15) is 5.82 Å². The first-order chi connectivity index (χ1) is 10.2. The monoisotopic (exact) mass is 317 g/mol. The lowest BCUT2D eigenvalue weighted by Gasteiger charge is -2.06. The number of hydrogen-bond donors (Lipinski definition) is 2. The quantitative estimate of drug-likeness (QED) is 0.725. The normalized spacial score (nSPS) is 10.5. The number of carbonyl (C=O) groups is 1. The van der Waals surface area contributed by atoms with Crippen LogP contribution in [0.15, 0.2) is 41.9 Å². The molecule has 0 unspecified atom stereocenters. The van der Waals surface area contributed by atoms with Crippen molar-refractivity contribution in [2.24, 2.45) is 0 Å². The number of anilines is 1. The maximum Gasteiger partial charge on any atom is 0.233 e. The van der Waals surface area contributed by atoms with Crippen LogP contribution in [0, 0.1) is 4.77 Å².